The van der Waals surface area contributed by atoms with Crippen molar-refractivity contribution < 1.29 is 14.3 Å². The van der Waals surface area contributed by atoms with Crippen LogP contribution in [0.4, 0.5) is 4.39 Å². The second-order valence-corrected chi connectivity index (χ2v) is 5.15. The number of rotatable bonds is 5. The van der Waals surface area contributed by atoms with Gasteiger partial charge in [0.2, 0.25) is 0 Å². The largest absolute Gasteiger partial charge is 0.396 e. The van der Waals surface area contributed by atoms with Crippen LogP contribution in [-0.4, -0.2) is 42.0 Å². The molecule has 0 unspecified atom stereocenters. The highest BCUT2D eigenvalue weighted by molar-refractivity contribution is 5.96. The van der Waals surface area contributed by atoms with E-state index in [9.17, 15) is 9.18 Å². The average molecular weight is 265 g/mol. The smallest absolute Gasteiger partial charge is 0.164 e. The molecule has 19 heavy (non-hydrogen) atoms. The van der Waals surface area contributed by atoms with Gasteiger partial charge in [0.1, 0.15) is 5.82 Å². The van der Waals surface area contributed by atoms with Crippen molar-refractivity contribution in [3.05, 3.63) is 35.6 Å². The molecule has 0 atom stereocenters. The van der Waals surface area contributed by atoms with E-state index >= 15 is 0 Å². The predicted octanol–water partition coefficient (Wildman–Crippen LogP) is 2.10. The number of likely N-dealkylation sites (tertiary alicyclic amines) is 1. The Kier molecular flexibility index (Phi) is 5.05. The van der Waals surface area contributed by atoms with Crippen LogP contribution in [0.2, 0.25) is 0 Å². The summed E-state index contributed by atoms with van der Waals surface area (Å²) >= 11 is 0. The third kappa shape index (κ3) is 4.11. The number of ketones is 1. The van der Waals surface area contributed by atoms with Gasteiger partial charge in [-0.15, -0.1) is 0 Å². The lowest BCUT2D eigenvalue weighted by Gasteiger charge is -2.30. The van der Waals surface area contributed by atoms with Crippen LogP contribution in [0.3, 0.4) is 0 Å². The van der Waals surface area contributed by atoms with E-state index in [1.165, 1.54) is 24.3 Å². The van der Waals surface area contributed by atoms with Crippen LogP contribution in [0.25, 0.3) is 0 Å². The molecule has 1 aliphatic heterocycles. The number of carbonyl (C=O) groups is 1. The number of aliphatic hydroxyl groups is 1. The molecule has 4 heteroatoms. The van der Waals surface area contributed by atoms with E-state index in [1.807, 2.05) is 0 Å². The minimum atomic E-state index is -0.317. The van der Waals surface area contributed by atoms with Gasteiger partial charge < -0.3 is 10.0 Å². The first-order chi connectivity index (χ1) is 9.19. The fourth-order valence-electron chi connectivity index (χ4n) is 2.43. The number of piperidine rings is 1. The zero-order valence-electron chi connectivity index (χ0n) is 11.0. The maximum absolute atomic E-state index is 12.8. The Labute approximate surface area is 113 Å². The fraction of sp³-hybridized carbons (Fsp3) is 0.533. The van der Waals surface area contributed by atoms with Gasteiger partial charge >= 0.3 is 0 Å². The Morgan fingerprint density at radius 1 is 1.26 bits per heavy atom. The van der Waals surface area contributed by atoms with E-state index in [0.29, 0.717) is 17.9 Å². The third-order valence-corrected chi connectivity index (χ3v) is 3.79. The van der Waals surface area contributed by atoms with Gasteiger partial charge in [-0.2, -0.15) is 0 Å². The Morgan fingerprint density at radius 2 is 1.89 bits per heavy atom. The zero-order chi connectivity index (χ0) is 13.7. The summed E-state index contributed by atoms with van der Waals surface area (Å²) in [4.78, 5) is 14.2. The molecular formula is C15H20FNO2. The molecule has 0 aliphatic carbocycles. The molecule has 0 bridgehead atoms. The van der Waals surface area contributed by atoms with Crippen molar-refractivity contribution in [1.82, 2.24) is 4.90 Å². The highest BCUT2D eigenvalue weighted by atomic mass is 19.1. The summed E-state index contributed by atoms with van der Waals surface area (Å²) in [7, 11) is 0. The van der Waals surface area contributed by atoms with Gasteiger partial charge in [-0.05, 0) is 56.1 Å². The molecule has 1 aromatic rings. The molecule has 1 fully saturated rings. The lowest BCUT2D eigenvalue weighted by atomic mass is 9.97. The van der Waals surface area contributed by atoms with Gasteiger partial charge in [-0.1, -0.05) is 0 Å². The van der Waals surface area contributed by atoms with Crippen molar-refractivity contribution in [3.8, 4) is 0 Å². The van der Waals surface area contributed by atoms with E-state index in [4.69, 9.17) is 5.11 Å². The number of hydrogen-bond acceptors (Lipinski definition) is 3. The van der Waals surface area contributed by atoms with Gasteiger partial charge in [-0.25, -0.2) is 4.39 Å². The number of benzene rings is 1. The Balaban J connectivity index is 1.76. The number of nitrogens with zero attached hydrogens (tertiary/aromatic N) is 1. The van der Waals surface area contributed by atoms with Crippen LogP contribution in [0.15, 0.2) is 24.3 Å². The van der Waals surface area contributed by atoms with Crippen LogP contribution in [0.5, 0.6) is 0 Å². The predicted molar refractivity (Wildman–Crippen MR) is 71.6 cm³/mol. The molecule has 1 saturated heterocycles. The summed E-state index contributed by atoms with van der Waals surface area (Å²) in [6.45, 7) is 2.90. The quantitative estimate of drug-likeness (QED) is 0.829. The molecule has 0 aromatic heterocycles. The minimum Gasteiger partial charge on any atom is -0.396 e. The van der Waals surface area contributed by atoms with Crippen LogP contribution in [0, 0.1) is 11.7 Å². The second kappa shape index (κ2) is 6.78. The maximum atomic E-state index is 12.8. The van der Waals surface area contributed by atoms with Gasteiger partial charge in [0.25, 0.3) is 0 Å². The molecule has 0 saturated carbocycles. The second-order valence-electron chi connectivity index (χ2n) is 5.15. The highest BCUT2D eigenvalue weighted by Crippen LogP contribution is 2.16. The van der Waals surface area contributed by atoms with Crippen molar-refractivity contribution in [1.29, 1.82) is 0 Å². The van der Waals surface area contributed by atoms with Crippen LogP contribution < -0.4 is 0 Å². The molecule has 0 radical (unpaired) electrons. The van der Waals surface area contributed by atoms with E-state index in [1.54, 1.807) is 0 Å². The Hall–Kier alpha value is -1.26. The normalized spacial score (nSPS) is 17.6. The molecule has 1 aliphatic rings. The molecular weight excluding hydrogens is 245 g/mol. The van der Waals surface area contributed by atoms with Crippen molar-refractivity contribution in [3.63, 3.8) is 0 Å². The van der Waals surface area contributed by atoms with Gasteiger partial charge in [0.15, 0.2) is 5.78 Å². The summed E-state index contributed by atoms with van der Waals surface area (Å²) in [6.07, 6.45) is 2.47. The maximum Gasteiger partial charge on any atom is 0.164 e. The SMILES string of the molecule is O=C(CCN1CCC(CO)CC1)c1ccc(F)cc1. The number of Topliss-reactive ketones (excluding diaryl/α,β-unsaturated/α-hetero) is 1. The summed E-state index contributed by atoms with van der Waals surface area (Å²) < 4.78 is 12.8. The molecule has 0 amide bonds. The third-order valence-electron chi connectivity index (χ3n) is 3.79. The summed E-state index contributed by atoms with van der Waals surface area (Å²) in [5, 5.41) is 9.06. The Morgan fingerprint density at radius 3 is 2.47 bits per heavy atom. The van der Waals surface area contributed by atoms with Gasteiger partial charge in [-0.3, -0.25) is 4.79 Å². The first-order valence-electron chi connectivity index (χ1n) is 6.81. The van der Waals surface area contributed by atoms with Crippen molar-refractivity contribution in [2.24, 2.45) is 5.92 Å². The minimum absolute atomic E-state index is 0.0595. The summed E-state index contributed by atoms with van der Waals surface area (Å²) in [5.41, 5.74) is 0.576. The average Bonchev–Trinajstić information content (AvgIpc) is 2.46. The zero-order valence-corrected chi connectivity index (χ0v) is 11.0. The number of carbonyl (C=O) groups excluding carboxylic acids is 1. The Bertz CT molecular complexity index is 411. The van der Waals surface area contributed by atoms with Crippen molar-refractivity contribution in [2.45, 2.75) is 19.3 Å². The number of aliphatic hydroxyl groups excluding tert-OH is 1. The lowest BCUT2D eigenvalue weighted by molar-refractivity contribution is 0.0932. The number of halogens is 1. The van der Waals surface area contributed by atoms with Crippen LogP contribution in [0.1, 0.15) is 29.6 Å². The molecule has 104 valence electrons. The molecule has 2 rings (SSSR count). The van der Waals surface area contributed by atoms with E-state index in [0.717, 1.165) is 32.5 Å². The van der Waals surface area contributed by atoms with Crippen molar-refractivity contribution >= 4 is 5.78 Å². The molecule has 1 N–H and O–H groups in total. The first kappa shape index (κ1) is 14.2. The monoisotopic (exact) mass is 265 g/mol. The van der Waals surface area contributed by atoms with Crippen LogP contribution in [-0.2, 0) is 0 Å². The molecule has 0 spiro atoms. The lowest BCUT2D eigenvalue weighted by Crippen LogP contribution is -2.36. The first-order valence-corrected chi connectivity index (χ1v) is 6.81. The van der Waals surface area contributed by atoms with E-state index in [2.05, 4.69) is 4.90 Å². The molecule has 1 heterocycles. The fourth-order valence-corrected chi connectivity index (χ4v) is 2.43. The summed E-state index contributed by atoms with van der Waals surface area (Å²) in [5.74, 6) is 0.163. The van der Waals surface area contributed by atoms with Crippen molar-refractivity contribution in [2.75, 3.05) is 26.2 Å². The van der Waals surface area contributed by atoms with Gasteiger partial charge in [0.05, 0.1) is 0 Å². The summed E-state index contributed by atoms with van der Waals surface area (Å²) in [6, 6.07) is 5.71. The topological polar surface area (TPSA) is 40.5 Å². The van der Waals surface area contributed by atoms with E-state index in [-0.39, 0.29) is 18.2 Å². The number of hydrogen-bond donors (Lipinski definition) is 1. The van der Waals surface area contributed by atoms with E-state index < -0.39 is 0 Å². The highest BCUT2D eigenvalue weighted by Gasteiger charge is 2.18. The molecule has 3 nitrogen and oxygen atoms in total. The molecule has 1 aromatic carbocycles. The van der Waals surface area contributed by atoms with Crippen LogP contribution >= 0.6 is 0 Å². The standard InChI is InChI=1S/C15H20FNO2/c16-14-3-1-13(2-4-14)15(19)7-10-17-8-5-12(11-18)6-9-17/h1-4,12,18H,5-11H2. The van der Waals surface area contributed by atoms with Gasteiger partial charge in [0, 0.05) is 25.1 Å².